The molecule has 0 bridgehead atoms. The highest BCUT2D eigenvalue weighted by atomic mass is 19.1. The Hall–Kier alpha value is -3.41. The van der Waals surface area contributed by atoms with Crippen LogP contribution in [0.4, 0.5) is 10.1 Å². The third-order valence-electron chi connectivity index (χ3n) is 3.71. The first kappa shape index (κ1) is 16.4. The second kappa shape index (κ2) is 6.60. The van der Waals surface area contributed by atoms with Gasteiger partial charge < -0.3 is 14.8 Å². The van der Waals surface area contributed by atoms with Crippen LogP contribution in [0, 0.1) is 12.7 Å². The Balaban J connectivity index is 1.89. The van der Waals surface area contributed by atoms with Crippen molar-refractivity contribution < 1.29 is 23.5 Å². The first-order valence-corrected chi connectivity index (χ1v) is 7.46. The van der Waals surface area contributed by atoms with E-state index in [4.69, 9.17) is 4.42 Å². The summed E-state index contributed by atoms with van der Waals surface area (Å²) in [4.78, 5) is 23.7. The molecule has 5 nitrogen and oxygen atoms in total. The topological polar surface area (TPSA) is 79.5 Å². The smallest absolute Gasteiger partial charge is 0.337 e. The first-order chi connectivity index (χ1) is 12.0. The van der Waals surface area contributed by atoms with Crippen molar-refractivity contribution in [2.45, 2.75) is 6.92 Å². The summed E-state index contributed by atoms with van der Waals surface area (Å²) in [6, 6.07) is 13.6. The van der Waals surface area contributed by atoms with E-state index in [1.54, 1.807) is 37.3 Å². The fourth-order valence-electron chi connectivity index (χ4n) is 2.45. The maximum absolute atomic E-state index is 13.8. The molecule has 0 saturated carbocycles. The largest absolute Gasteiger partial charge is 0.478 e. The summed E-state index contributed by atoms with van der Waals surface area (Å²) in [5, 5.41) is 11.8. The van der Waals surface area contributed by atoms with Crippen molar-refractivity contribution in [3.8, 4) is 11.3 Å². The molecular formula is C19H14FNO4. The summed E-state index contributed by atoms with van der Waals surface area (Å²) in [5.41, 5.74) is 1.02. The molecule has 25 heavy (non-hydrogen) atoms. The van der Waals surface area contributed by atoms with E-state index >= 15 is 0 Å². The Bertz CT molecular complexity index is 962. The van der Waals surface area contributed by atoms with Gasteiger partial charge in [-0.15, -0.1) is 0 Å². The maximum Gasteiger partial charge on any atom is 0.337 e. The molecule has 1 amide bonds. The summed E-state index contributed by atoms with van der Waals surface area (Å²) in [6.07, 6.45) is 0. The molecule has 0 aliphatic carbocycles. The van der Waals surface area contributed by atoms with Gasteiger partial charge in [-0.1, -0.05) is 24.3 Å². The van der Waals surface area contributed by atoms with Crippen LogP contribution < -0.4 is 5.32 Å². The Morgan fingerprint density at radius 1 is 1.04 bits per heavy atom. The van der Waals surface area contributed by atoms with Crippen molar-refractivity contribution in [1.29, 1.82) is 0 Å². The highest BCUT2D eigenvalue weighted by Crippen LogP contribution is 2.26. The minimum atomic E-state index is -1.15. The molecule has 3 aromatic rings. The van der Waals surface area contributed by atoms with Crippen LogP contribution in [0.5, 0.6) is 0 Å². The fraction of sp³-hybridized carbons (Fsp3) is 0.0526. The molecule has 6 heteroatoms. The lowest BCUT2D eigenvalue weighted by atomic mass is 10.1. The summed E-state index contributed by atoms with van der Waals surface area (Å²) in [5.74, 6) is -2.05. The van der Waals surface area contributed by atoms with Crippen LogP contribution in [0.2, 0.25) is 0 Å². The lowest BCUT2D eigenvalue weighted by Gasteiger charge is -2.10. The molecule has 0 radical (unpaired) electrons. The number of rotatable bonds is 4. The highest BCUT2D eigenvalue weighted by Gasteiger charge is 2.18. The van der Waals surface area contributed by atoms with Crippen LogP contribution in [0.25, 0.3) is 11.3 Å². The van der Waals surface area contributed by atoms with E-state index < -0.39 is 17.7 Å². The molecule has 1 aromatic heterocycles. The van der Waals surface area contributed by atoms with Gasteiger partial charge >= 0.3 is 5.97 Å². The number of para-hydroxylation sites is 1. The Morgan fingerprint density at radius 3 is 2.52 bits per heavy atom. The predicted octanol–water partition coefficient (Wildman–Crippen LogP) is 4.34. The second-order valence-electron chi connectivity index (χ2n) is 5.40. The number of halogens is 1. The SMILES string of the molecule is Cc1cccc(C(=O)O)c1NC(=O)c1ccc(-c2ccccc2F)o1. The average Bonchev–Trinajstić information content (AvgIpc) is 3.06. The number of benzene rings is 2. The maximum atomic E-state index is 13.8. The van der Waals surface area contributed by atoms with Crippen molar-refractivity contribution in [3.05, 3.63) is 77.3 Å². The lowest BCUT2D eigenvalue weighted by molar-refractivity contribution is 0.0698. The minimum Gasteiger partial charge on any atom is -0.478 e. The number of carbonyl (C=O) groups excluding carboxylic acids is 1. The molecule has 3 rings (SSSR count). The molecule has 0 unspecified atom stereocenters. The number of carboxylic acids is 1. The van der Waals surface area contributed by atoms with Crippen LogP contribution in [-0.4, -0.2) is 17.0 Å². The van der Waals surface area contributed by atoms with Gasteiger partial charge in [-0.3, -0.25) is 4.79 Å². The number of hydrogen-bond donors (Lipinski definition) is 2. The van der Waals surface area contributed by atoms with Gasteiger partial charge in [0.15, 0.2) is 5.76 Å². The molecule has 126 valence electrons. The number of anilines is 1. The fourth-order valence-corrected chi connectivity index (χ4v) is 2.45. The van der Waals surface area contributed by atoms with Crippen molar-refractivity contribution >= 4 is 17.6 Å². The summed E-state index contributed by atoms with van der Waals surface area (Å²) in [7, 11) is 0. The van der Waals surface area contributed by atoms with E-state index in [1.165, 1.54) is 24.3 Å². The number of hydrogen-bond acceptors (Lipinski definition) is 3. The highest BCUT2D eigenvalue weighted by molar-refractivity contribution is 6.07. The molecule has 0 saturated heterocycles. The number of amides is 1. The van der Waals surface area contributed by atoms with E-state index in [1.807, 2.05) is 0 Å². The molecule has 0 fully saturated rings. The van der Waals surface area contributed by atoms with Gasteiger partial charge in [-0.2, -0.15) is 0 Å². The van der Waals surface area contributed by atoms with Crippen LogP contribution in [-0.2, 0) is 0 Å². The summed E-state index contributed by atoms with van der Waals surface area (Å²) < 4.78 is 19.2. The zero-order chi connectivity index (χ0) is 18.0. The van der Waals surface area contributed by atoms with Crippen LogP contribution >= 0.6 is 0 Å². The number of nitrogens with one attached hydrogen (secondary N) is 1. The number of aromatic carboxylic acids is 1. The monoisotopic (exact) mass is 339 g/mol. The average molecular weight is 339 g/mol. The number of carbonyl (C=O) groups is 2. The second-order valence-corrected chi connectivity index (χ2v) is 5.40. The van der Waals surface area contributed by atoms with Gasteiger partial charge in [0.25, 0.3) is 5.91 Å². The Kier molecular flexibility index (Phi) is 4.35. The molecule has 2 N–H and O–H groups in total. The van der Waals surface area contributed by atoms with Crippen LogP contribution in [0.3, 0.4) is 0 Å². The minimum absolute atomic E-state index is 0.0192. The molecule has 0 atom stereocenters. The van der Waals surface area contributed by atoms with Crippen LogP contribution in [0.15, 0.2) is 59.0 Å². The number of furan rings is 1. The predicted molar refractivity (Wildman–Crippen MR) is 90.2 cm³/mol. The quantitative estimate of drug-likeness (QED) is 0.741. The van der Waals surface area contributed by atoms with Gasteiger partial charge in [0.2, 0.25) is 0 Å². The van der Waals surface area contributed by atoms with Crippen molar-refractivity contribution in [2.75, 3.05) is 5.32 Å². The van der Waals surface area contributed by atoms with E-state index in [-0.39, 0.29) is 28.3 Å². The molecule has 2 aromatic carbocycles. The van der Waals surface area contributed by atoms with Gasteiger partial charge in [0, 0.05) is 0 Å². The first-order valence-electron chi connectivity index (χ1n) is 7.46. The third kappa shape index (κ3) is 3.28. The van der Waals surface area contributed by atoms with E-state index in [9.17, 15) is 19.1 Å². The zero-order valence-electron chi connectivity index (χ0n) is 13.2. The summed E-state index contributed by atoms with van der Waals surface area (Å²) >= 11 is 0. The van der Waals surface area contributed by atoms with E-state index in [0.29, 0.717) is 5.56 Å². The summed E-state index contributed by atoms with van der Waals surface area (Å²) in [6.45, 7) is 1.69. The standard InChI is InChI=1S/C19H14FNO4/c1-11-5-4-7-13(19(23)24)17(11)21-18(22)16-10-9-15(25-16)12-6-2-3-8-14(12)20/h2-10H,1H3,(H,21,22)(H,23,24). The van der Waals surface area contributed by atoms with Gasteiger partial charge in [0.05, 0.1) is 16.8 Å². The molecule has 0 aliphatic rings. The Morgan fingerprint density at radius 2 is 1.80 bits per heavy atom. The number of aryl methyl sites for hydroxylation is 1. The van der Waals surface area contributed by atoms with Crippen molar-refractivity contribution in [2.24, 2.45) is 0 Å². The zero-order valence-corrected chi connectivity index (χ0v) is 13.2. The molecule has 0 spiro atoms. The van der Waals surface area contributed by atoms with Crippen molar-refractivity contribution in [1.82, 2.24) is 0 Å². The molecule has 1 heterocycles. The van der Waals surface area contributed by atoms with Crippen LogP contribution in [0.1, 0.15) is 26.5 Å². The lowest BCUT2D eigenvalue weighted by Crippen LogP contribution is -2.15. The molecular weight excluding hydrogens is 325 g/mol. The third-order valence-corrected chi connectivity index (χ3v) is 3.71. The number of carboxylic acid groups (broad SMARTS) is 1. The van der Waals surface area contributed by atoms with Gasteiger partial charge in [0.1, 0.15) is 11.6 Å². The Labute approximate surface area is 142 Å². The van der Waals surface area contributed by atoms with Crippen molar-refractivity contribution in [3.63, 3.8) is 0 Å². The molecule has 0 aliphatic heterocycles. The van der Waals surface area contributed by atoms with E-state index in [2.05, 4.69) is 5.32 Å². The van der Waals surface area contributed by atoms with E-state index in [0.717, 1.165) is 0 Å². The van der Waals surface area contributed by atoms with Gasteiger partial charge in [-0.25, -0.2) is 9.18 Å². The normalized spacial score (nSPS) is 10.5. The van der Waals surface area contributed by atoms with Gasteiger partial charge in [-0.05, 0) is 42.8 Å².